The Bertz CT molecular complexity index is 901. The third-order valence-electron chi connectivity index (χ3n) is 4.36. The number of hydrogen-bond acceptors (Lipinski definition) is 5. The van der Waals surface area contributed by atoms with Crippen LogP contribution in [0.3, 0.4) is 0 Å². The van der Waals surface area contributed by atoms with Crippen molar-refractivity contribution >= 4 is 33.5 Å². The monoisotopic (exact) mass is 432 g/mol. The number of nitrogens with one attached hydrogen (secondary N) is 1. The molecule has 1 aliphatic carbocycles. The molecule has 7 heteroatoms. The zero-order valence-electron chi connectivity index (χ0n) is 15.3. The molecule has 142 valence electrons. The smallest absolute Gasteiger partial charge is 0.374 e. The van der Waals surface area contributed by atoms with Gasteiger partial charge in [0.2, 0.25) is 5.76 Å². The van der Waals surface area contributed by atoms with E-state index in [-0.39, 0.29) is 11.7 Å². The molecule has 0 atom stereocenters. The van der Waals surface area contributed by atoms with Crippen LogP contribution in [0.5, 0.6) is 0 Å². The average Bonchev–Trinajstić information content (AvgIpc) is 3.02. The number of halogens is 1. The third kappa shape index (κ3) is 4.13. The van der Waals surface area contributed by atoms with Gasteiger partial charge in [-0.2, -0.15) is 5.10 Å². The van der Waals surface area contributed by atoms with E-state index in [0.717, 1.165) is 30.6 Å². The van der Waals surface area contributed by atoms with E-state index >= 15 is 0 Å². The lowest BCUT2D eigenvalue weighted by Crippen LogP contribution is -2.22. The number of aryl methyl sites for hydroxylation is 1. The highest BCUT2D eigenvalue weighted by atomic mass is 79.9. The molecule has 0 bridgehead atoms. The number of furan rings is 1. The first kappa shape index (κ1) is 19.4. The van der Waals surface area contributed by atoms with E-state index < -0.39 is 5.97 Å². The number of rotatable bonds is 5. The summed E-state index contributed by atoms with van der Waals surface area (Å²) in [7, 11) is 0. The summed E-state index contributed by atoms with van der Waals surface area (Å²) in [5.41, 5.74) is 5.34. The molecule has 1 N–H and O–H groups in total. The van der Waals surface area contributed by atoms with Gasteiger partial charge in [0.15, 0.2) is 0 Å². The van der Waals surface area contributed by atoms with Crippen molar-refractivity contribution < 1.29 is 18.7 Å². The topological polar surface area (TPSA) is 80.9 Å². The van der Waals surface area contributed by atoms with E-state index in [4.69, 9.17) is 9.15 Å². The van der Waals surface area contributed by atoms with Gasteiger partial charge in [0.25, 0.3) is 5.91 Å². The standard InChI is InChI=1S/C20H21BrN2O4/c1-3-11-26-20(25)18-12(2)17-15(9-6-10-16(17)27-18)22-23-19(24)13-7-4-5-8-14(13)21/h4-5,7-8H,3,6,9-11H2,1-2H3,(H,23,24)/b22-15+. The second kappa shape index (κ2) is 8.52. The number of hydrogen-bond donors (Lipinski definition) is 1. The van der Waals surface area contributed by atoms with Crippen LogP contribution in [0.15, 0.2) is 38.3 Å². The molecule has 2 aromatic rings. The molecule has 1 aliphatic rings. The fourth-order valence-corrected chi connectivity index (χ4v) is 3.52. The highest BCUT2D eigenvalue weighted by Gasteiger charge is 2.28. The molecule has 1 amide bonds. The first-order valence-corrected chi connectivity index (χ1v) is 9.73. The van der Waals surface area contributed by atoms with Gasteiger partial charge in [-0.15, -0.1) is 0 Å². The van der Waals surface area contributed by atoms with Crippen molar-refractivity contribution in [2.45, 2.75) is 39.5 Å². The van der Waals surface area contributed by atoms with Gasteiger partial charge < -0.3 is 9.15 Å². The lowest BCUT2D eigenvalue weighted by atomic mass is 9.93. The average molecular weight is 433 g/mol. The molecule has 1 heterocycles. The van der Waals surface area contributed by atoms with Crippen LogP contribution in [0.1, 0.15) is 64.0 Å². The number of amides is 1. The summed E-state index contributed by atoms with van der Waals surface area (Å²) < 4.78 is 11.7. The Labute approximate surface area is 166 Å². The number of ether oxygens (including phenoxy) is 1. The summed E-state index contributed by atoms with van der Waals surface area (Å²) in [6, 6.07) is 7.15. The second-order valence-corrected chi connectivity index (χ2v) is 7.18. The molecule has 3 rings (SSSR count). The van der Waals surface area contributed by atoms with Crippen LogP contribution < -0.4 is 5.43 Å². The van der Waals surface area contributed by atoms with Gasteiger partial charge in [-0.1, -0.05) is 19.1 Å². The molecule has 0 spiro atoms. The van der Waals surface area contributed by atoms with E-state index in [0.29, 0.717) is 34.3 Å². The lowest BCUT2D eigenvalue weighted by molar-refractivity contribution is 0.0465. The molecular weight excluding hydrogens is 412 g/mol. The maximum atomic E-state index is 12.4. The van der Waals surface area contributed by atoms with E-state index in [1.54, 1.807) is 18.2 Å². The van der Waals surface area contributed by atoms with Crippen LogP contribution in [-0.2, 0) is 11.2 Å². The summed E-state index contributed by atoms with van der Waals surface area (Å²) in [5.74, 6) is 0.183. The van der Waals surface area contributed by atoms with Crippen molar-refractivity contribution in [2.75, 3.05) is 6.61 Å². The SMILES string of the molecule is CCCOC(=O)c1oc2c(c1C)/C(=N/NC(=O)c1ccccc1Br)CCC2. The normalized spacial score (nSPS) is 14.7. The fourth-order valence-electron chi connectivity index (χ4n) is 3.06. The first-order valence-electron chi connectivity index (χ1n) is 8.94. The zero-order chi connectivity index (χ0) is 19.4. The highest BCUT2D eigenvalue weighted by molar-refractivity contribution is 9.10. The van der Waals surface area contributed by atoms with Crippen LogP contribution >= 0.6 is 15.9 Å². The molecule has 1 aromatic carbocycles. The van der Waals surface area contributed by atoms with Gasteiger partial charge in [-0.3, -0.25) is 4.79 Å². The number of hydrazone groups is 1. The summed E-state index contributed by atoms with van der Waals surface area (Å²) in [5, 5.41) is 4.32. The number of fused-ring (bicyclic) bond motifs is 1. The molecular formula is C20H21BrN2O4. The minimum atomic E-state index is -0.458. The number of carbonyl (C=O) groups is 2. The van der Waals surface area contributed by atoms with Crippen molar-refractivity contribution in [1.82, 2.24) is 5.43 Å². The van der Waals surface area contributed by atoms with Crippen molar-refractivity contribution in [3.05, 3.63) is 56.9 Å². The van der Waals surface area contributed by atoms with E-state index in [1.165, 1.54) is 0 Å². The Morgan fingerprint density at radius 2 is 2.07 bits per heavy atom. The largest absolute Gasteiger partial charge is 0.460 e. The molecule has 0 aliphatic heterocycles. The predicted octanol–water partition coefficient (Wildman–Crippen LogP) is 4.39. The number of carbonyl (C=O) groups excluding carboxylic acids is 2. The molecule has 0 radical (unpaired) electrons. The van der Waals surface area contributed by atoms with E-state index in [1.807, 2.05) is 19.9 Å². The second-order valence-electron chi connectivity index (χ2n) is 6.32. The van der Waals surface area contributed by atoms with Gasteiger partial charge in [0.1, 0.15) is 5.76 Å². The van der Waals surface area contributed by atoms with Crippen LogP contribution in [0, 0.1) is 6.92 Å². The fraction of sp³-hybridized carbons (Fsp3) is 0.350. The zero-order valence-corrected chi connectivity index (χ0v) is 16.9. The molecule has 0 saturated heterocycles. The maximum absolute atomic E-state index is 12.4. The van der Waals surface area contributed by atoms with Gasteiger partial charge >= 0.3 is 5.97 Å². The summed E-state index contributed by atoms with van der Waals surface area (Å²) in [6.07, 6.45) is 3.02. The molecule has 0 fully saturated rings. The van der Waals surface area contributed by atoms with Crippen molar-refractivity contribution in [1.29, 1.82) is 0 Å². The van der Waals surface area contributed by atoms with Crippen LogP contribution in [0.4, 0.5) is 0 Å². The quantitative estimate of drug-likeness (QED) is 0.560. The number of nitrogens with zero attached hydrogens (tertiary/aromatic N) is 1. The molecule has 0 unspecified atom stereocenters. The highest BCUT2D eigenvalue weighted by Crippen LogP contribution is 2.30. The molecule has 6 nitrogen and oxygen atoms in total. The minimum absolute atomic E-state index is 0.222. The first-order chi connectivity index (χ1) is 13.0. The summed E-state index contributed by atoms with van der Waals surface area (Å²) in [6.45, 7) is 4.11. The van der Waals surface area contributed by atoms with Crippen LogP contribution in [0.2, 0.25) is 0 Å². The van der Waals surface area contributed by atoms with Crippen LogP contribution in [0.25, 0.3) is 0 Å². The minimum Gasteiger partial charge on any atom is -0.460 e. The van der Waals surface area contributed by atoms with Crippen LogP contribution in [-0.4, -0.2) is 24.2 Å². The Morgan fingerprint density at radius 3 is 2.81 bits per heavy atom. The Kier molecular flexibility index (Phi) is 6.11. The van der Waals surface area contributed by atoms with Crippen molar-refractivity contribution in [3.63, 3.8) is 0 Å². The third-order valence-corrected chi connectivity index (χ3v) is 5.05. The van der Waals surface area contributed by atoms with Gasteiger partial charge in [-0.05, 0) is 54.2 Å². The number of benzene rings is 1. The predicted molar refractivity (Wildman–Crippen MR) is 105 cm³/mol. The van der Waals surface area contributed by atoms with E-state index in [9.17, 15) is 9.59 Å². The number of esters is 1. The van der Waals surface area contributed by atoms with Gasteiger partial charge in [-0.25, -0.2) is 10.2 Å². The molecule has 0 saturated carbocycles. The summed E-state index contributed by atoms with van der Waals surface area (Å²) in [4.78, 5) is 24.6. The molecule has 27 heavy (non-hydrogen) atoms. The van der Waals surface area contributed by atoms with Gasteiger partial charge in [0.05, 0.1) is 17.9 Å². The maximum Gasteiger partial charge on any atom is 0.374 e. The van der Waals surface area contributed by atoms with Crippen molar-refractivity contribution in [2.24, 2.45) is 5.10 Å². The Balaban J connectivity index is 1.84. The molecule has 1 aromatic heterocycles. The Morgan fingerprint density at radius 1 is 1.30 bits per heavy atom. The van der Waals surface area contributed by atoms with Crippen molar-refractivity contribution in [3.8, 4) is 0 Å². The Hall–Kier alpha value is -2.41. The van der Waals surface area contributed by atoms with Gasteiger partial charge in [0, 0.05) is 22.0 Å². The van der Waals surface area contributed by atoms with E-state index in [2.05, 4.69) is 26.5 Å². The lowest BCUT2D eigenvalue weighted by Gasteiger charge is -2.13. The summed E-state index contributed by atoms with van der Waals surface area (Å²) >= 11 is 3.36.